The molecule has 0 spiro atoms. The first kappa shape index (κ1) is 26.0. The Hall–Kier alpha value is -3.12. The number of aliphatic hydroxyl groups is 1. The number of nitrogen functional groups attached to an aromatic ring is 1. The average molecular weight is 518 g/mol. The van der Waals surface area contributed by atoms with E-state index in [1.54, 1.807) is 26.0 Å². The van der Waals surface area contributed by atoms with Crippen molar-refractivity contribution in [2.24, 2.45) is 5.92 Å². The molecule has 12 heteroatoms. The summed E-state index contributed by atoms with van der Waals surface area (Å²) >= 11 is 5.96. The number of nitrogens with two attached hydrogens (primary N) is 1. The molecule has 0 saturated carbocycles. The zero-order chi connectivity index (χ0) is 26.0. The number of ketones is 1. The number of aromatic nitrogens is 4. The van der Waals surface area contributed by atoms with Crippen LogP contribution in [0.25, 0.3) is 11.2 Å². The van der Waals surface area contributed by atoms with Crippen LogP contribution in [0.3, 0.4) is 0 Å². The van der Waals surface area contributed by atoms with E-state index in [0.717, 1.165) is 5.56 Å². The number of anilines is 1. The first-order valence-corrected chi connectivity index (χ1v) is 11.9. The normalized spacial score (nSPS) is 23.5. The third-order valence-electron chi connectivity index (χ3n) is 6.39. The van der Waals surface area contributed by atoms with Gasteiger partial charge in [-0.3, -0.25) is 9.36 Å². The van der Waals surface area contributed by atoms with Crippen LogP contribution in [0.15, 0.2) is 36.7 Å². The zero-order valence-electron chi connectivity index (χ0n) is 20.1. The molecule has 11 nitrogen and oxygen atoms in total. The predicted octanol–water partition coefficient (Wildman–Crippen LogP) is 2.11. The van der Waals surface area contributed by atoms with Crippen LogP contribution in [-0.4, -0.2) is 67.4 Å². The Balaban J connectivity index is 1.59. The fourth-order valence-corrected chi connectivity index (χ4v) is 4.46. The highest BCUT2D eigenvalue weighted by Crippen LogP contribution is 2.37. The van der Waals surface area contributed by atoms with E-state index in [9.17, 15) is 14.7 Å². The number of carbonyl (C=O) groups excluding carboxylic acids is 2. The second-order valence-electron chi connectivity index (χ2n) is 8.69. The molecule has 0 aliphatic carbocycles. The number of nitrogens with zero attached hydrogens (tertiary/aromatic N) is 4. The number of benzene rings is 1. The van der Waals surface area contributed by atoms with Gasteiger partial charge in [0.25, 0.3) is 0 Å². The number of imidazole rings is 1. The number of aliphatic hydroxyl groups excluding tert-OH is 1. The summed E-state index contributed by atoms with van der Waals surface area (Å²) in [6.45, 7) is 4.67. The molecule has 3 N–H and O–H groups in total. The van der Waals surface area contributed by atoms with Crippen molar-refractivity contribution >= 4 is 40.3 Å². The summed E-state index contributed by atoms with van der Waals surface area (Å²) in [5.74, 6) is -1.59. The van der Waals surface area contributed by atoms with Gasteiger partial charge in [0.2, 0.25) is 10.9 Å². The highest BCUT2D eigenvalue weighted by atomic mass is 35.5. The van der Waals surface area contributed by atoms with Gasteiger partial charge in [0.1, 0.15) is 11.6 Å². The van der Waals surface area contributed by atoms with Gasteiger partial charge in [0, 0.05) is 12.3 Å². The van der Waals surface area contributed by atoms with Crippen LogP contribution >= 0.6 is 11.6 Å². The monoisotopic (exact) mass is 517 g/mol. The largest absolute Gasteiger partial charge is 0.463 e. The summed E-state index contributed by atoms with van der Waals surface area (Å²) in [6.07, 6.45) is -1.09. The molecule has 1 unspecified atom stereocenters. The number of ether oxygens (including phenoxy) is 3. The van der Waals surface area contributed by atoms with Crippen LogP contribution in [0.1, 0.15) is 32.6 Å². The van der Waals surface area contributed by atoms with Gasteiger partial charge in [0.15, 0.2) is 23.5 Å². The van der Waals surface area contributed by atoms with Crippen LogP contribution in [0.4, 0.5) is 5.82 Å². The van der Waals surface area contributed by atoms with Crippen LogP contribution in [0, 0.1) is 5.92 Å². The van der Waals surface area contributed by atoms with Crippen LogP contribution in [-0.2, 0) is 30.2 Å². The second kappa shape index (κ2) is 10.5. The fourth-order valence-electron chi connectivity index (χ4n) is 4.29. The average Bonchev–Trinajstić information content (AvgIpc) is 3.38. The van der Waals surface area contributed by atoms with Crippen molar-refractivity contribution < 1.29 is 28.9 Å². The number of carbonyl (C=O) groups is 2. The maximum absolute atomic E-state index is 13.0. The van der Waals surface area contributed by atoms with Crippen molar-refractivity contribution in [2.45, 2.75) is 51.2 Å². The van der Waals surface area contributed by atoms with Gasteiger partial charge >= 0.3 is 5.97 Å². The van der Waals surface area contributed by atoms with Gasteiger partial charge in [-0.15, -0.1) is 0 Å². The summed E-state index contributed by atoms with van der Waals surface area (Å²) < 4.78 is 18.9. The molecule has 5 atom stereocenters. The molecule has 1 aliphatic rings. The molecule has 3 heterocycles. The molecule has 1 aliphatic heterocycles. The van der Waals surface area contributed by atoms with E-state index in [0.29, 0.717) is 11.2 Å². The molecule has 0 amide bonds. The Morgan fingerprint density at radius 3 is 2.67 bits per heavy atom. The van der Waals surface area contributed by atoms with Gasteiger partial charge in [-0.05, 0) is 31.0 Å². The molecular weight excluding hydrogens is 490 g/mol. The van der Waals surface area contributed by atoms with E-state index in [2.05, 4.69) is 15.0 Å². The van der Waals surface area contributed by atoms with Crippen LogP contribution in [0.5, 0.6) is 0 Å². The number of hydrogen-bond acceptors (Lipinski definition) is 10. The van der Waals surface area contributed by atoms with Crippen molar-refractivity contribution in [1.29, 1.82) is 0 Å². The third-order valence-corrected chi connectivity index (χ3v) is 6.56. The Bertz CT molecular complexity index is 1250. The minimum atomic E-state index is -1.86. The number of hydrogen-bond donors (Lipinski definition) is 2. The van der Waals surface area contributed by atoms with Crippen molar-refractivity contribution in [3.8, 4) is 0 Å². The van der Waals surface area contributed by atoms with E-state index < -0.39 is 41.7 Å². The second-order valence-corrected chi connectivity index (χ2v) is 9.03. The van der Waals surface area contributed by atoms with Gasteiger partial charge in [-0.1, -0.05) is 37.3 Å². The topological polar surface area (TPSA) is 152 Å². The lowest BCUT2D eigenvalue weighted by Gasteiger charge is -2.31. The lowest BCUT2D eigenvalue weighted by Crippen LogP contribution is -2.52. The summed E-state index contributed by atoms with van der Waals surface area (Å²) in [4.78, 5) is 38.1. The Labute approximate surface area is 212 Å². The fraction of sp³-hybridized carbons (Fsp3) is 0.458. The standard InChI is InChI=1S/C24H28ClN5O6/c1-4-34-22(33)24(14(3)31,10-15-8-6-5-7-9-15)35-11-16-13(2)18(32)21(36-16)30-12-27-17-19(26)28-23(25)29-20(17)30/h5-9,12-13,16,18,21,32H,4,10-11H2,1-3H3,(H2,26,28,29)/t13-,16-,18-,21-,24?/m1/s1. The highest BCUT2D eigenvalue weighted by molar-refractivity contribution is 6.28. The van der Waals surface area contributed by atoms with Crippen molar-refractivity contribution in [2.75, 3.05) is 18.9 Å². The van der Waals surface area contributed by atoms with Crippen molar-refractivity contribution in [1.82, 2.24) is 19.5 Å². The van der Waals surface area contributed by atoms with Gasteiger partial charge < -0.3 is 25.1 Å². The number of fused-ring (bicyclic) bond motifs is 1. The Kier molecular flexibility index (Phi) is 7.55. The smallest absolute Gasteiger partial charge is 0.346 e. The maximum Gasteiger partial charge on any atom is 0.346 e. The highest BCUT2D eigenvalue weighted by Gasteiger charge is 2.49. The van der Waals surface area contributed by atoms with E-state index in [1.165, 1.54) is 17.8 Å². The van der Waals surface area contributed by atoms with E-state index in [4.69, 9.17) is 31.5 Å². The Morgan fingerprint density at radius 1 is 1.28 bits per heavy atom. The van der Waals surface area contributed by atoms with E-state index in [-0.39, 0.29) is 30.7 Å². The third kappa shape index (κ3) is 4.79. The molecule has 36 heavy (non-hydrogen) atoms. The molecule has 1 fully saturated rings. The lowest BCUT2D eigenvalue weighted by molar-refractivity contribution is -0.182. The zero-order valence-corrected chi connectivity index (χ0v) is 20.9. The van der Waals surface area contributed by atoms with E-state index >= 15 is 0 Å². The molecule has 0 bridgehead atoms. The SMILES string of the molecule is CCOC(=O)C(Cc1ccccc1)(OC[C@H]1O[C@@H](n2cnc3c(N)nc(Cl)nc32)[C@H](O)[C@@H]1C)C(C)=O. The molecule has 2 aromatic heterocycles. The number of esters is 1. The molecule has 3 aromatic rings. The first-order chi connectivity index (χ1) is 17.2. The van der Waals surface area contributed by atoms with Crippen molar-refractivity contribution in [3.63, 3.8) is 0 Å². The molecular formula is C24H28ClN5O6. The van der Waals surface area contributed by atoms with Gasteiger partial charge in [-0.25, -0.2) is 9.78 Å². The van der Waals surface area contributed by atoms with Gasteiger partial charge in [0.05, 0.1) is 25.6 Å². The summed E-state index contributed by atoms with van der Waals surface area (Å²) in [5, 5.41) is 10.9. The molecule has 0 radical (unpaired) electrons. The minimum absolute atomic E-state index is 0.00402. The number of Topliss-reactive ketones (excluding diaryl/α,β-unsaturated/α-hetero) is 1. The van der Waals surface area contributed by atoms with E-state index in [1.807, 2.05) is 18.2 Å². The minimum Gasteiger partial charge on any atom is -0.463 e. The molecule has 192 valence electrons. The predicted molar refractivity (Wildman–Crippen MR) is 130 cm³/mol. The summed E-state index contributed by atoms with van der Waals surface area (Å²) in [6, 6.07) is 9.07. The molecule has 4 rings (SSSR count). The molecule has 1 saturated heterocycles. The molecule has 1 aromatic carbocycles. The number of rotatable bonds is 9. The van der Waals surface area contributed by atoms with Crippen LogP contribution in [0.2, 0.25) is 5.28 Å². The first-order valence-electron chi connectivity index (χ1n) is 11.5. The summed E-state index contributed by atoms with van der Waals surface area (Å²) in [7, 11) is 0. The lowest BCUT2D eigenvalue weighted by atomic mass is 9.90. The van der Waals surface area contributed by atoms with Gasteiger partial charge in [-0.2, -0.15) is 9.97 Å². The quantitative estimate of drug-likeness (QED) is 0.245. The summed E-state index contributed by atoms with van der Waals surface area (Å²) in [5.41, 5.74) is 5.39. The Morgan fingerprint density at radius 2 is 2.00 bits per heavy atom. The number of halogens is 1. The maximum atomic E-state index is 13.0. The van der Waals surface area contributed by atoms with Crippen molar-refractivity contribution in [3.05, 3.63) is 47.5 Å². The van der Waals surface area contributed by atoms with Crippen LogP contribution < -0.4 is 5.73 Å².